The lowest BCUT2D eigenvalue weighted by atomic mass is 9.81. The van der Waals surface area contributed by atoms with E-state index in [-0.39, 0.29) is 11.3 Å². The van der Waals surface area contributed by atoms with Crippen LogP contribution in [0.5, 0.6) is 0 Å². The van der Waals surface area contributed by atoms with E-state index >= 15 is 0 Å². The first-order valence-electron chi connectivity index (χ1n) is 8.10. The summed E-state index contributed by atoms with van der Waals surface area (Å²) in [5, 5.41) is 8.90. The Morgan fingerprint density at radius 1 is 1.14 bits per heavy atom. The molecule has 0 bridgehead atoms. The highest BCUT2D eigenvalue weighted by atomic mass is 16.1. The van der Waals surface area contributed by atoms with Crippen molar-refractivity contribution in [2.24, 2.45) is 5.41 Å². The predicted molar refractivity (Wildman–Crippen MR) is 90.9 cm³/mol. The molecule has 0 unspecified atom stereocenters. The van der Waals surface area contributed by atoms with Gasteiger partial charge in [-0.15, -0.1) is 0 Å². The number of rotatable bonds is 4. The van der Waals surface area contributed by atoms with Crippen LogP contribution in [0.1, 0.15) is 25.3 Å². The van der Waals surface area contributed by atoms with Crippen molar-refractivity contribution in [1.29, 1.82) is 0 Å². The van der Waals surface area contributed by atoms with Crippen molar-refractivity contribution in [2.75, 3.05) is 19.6 Å². The summed E-state index contributed by atoms with van der Waals surface area (Å²) in [4.78, 5) is 12.2. The number of nitrogens with one attached hydrogen (secondary N) is 2. The van der Waals surface area contributed by atoms with Crippen molar-refractivity contribution >= 4 is 16.7 Å². The van der Waals surface area contributed by atoms with Gasteiger partial charge in [-0.05, 0) is 47.7 Å². The fourth-order valence-electron chi connectivity index (χ4n) is 3.12. The maximum atomic E-state index is 12.2. The van der Waals surface area contributed by atoms with Crippen molar-refractivity contribution in [3.05, 3.63) is 48.0 Å². The molecule has 0 radical (unpaired) electrons. The van der Waals surface area contributed by atoms with Gasteiger partial charge < -0.3 is 10.6 Å². The number of benzene rings is 2. The van der Waals surface area contributed by atoms with E-state index in [0.29, 0.717) is 6.42 Å². The quantitative estimate of drug-likeness (QED) is 0.911. The third-order valence-electron chi connectivity index (χ3n) is 4.70. The molecule has 2 N–H and O–H groups in total. The molecule has 2 aromatic rings. The van der Waals surface area contributed by atoms with Crippen molar-refractivity contribution < 1.29 is 4.79 Å². The number of carbonyl (C=O) groups is 1. The van der Waals surface area contributed by atoms with Gasteiger partial charge in [-0.3, -0.25) is 4.79 Å². The Morgan fingerprint density at radius 3 is 2.64 bits per heavy atom. The van der Waals surface area contributed by atoms with Crippen LogP contribution in [0, 0.1) is 5.41 Å². The smallest absolute Gasteiger partial charge is 0.224 e. The second-order valence-corrected chi connectivity index (χ2v) is 6.70. The molecule has 116 valence electrons. The molecule has 0 saturated carbocycles. The monoisotopic (exact) mass is 296 g/mol. The molecule has 1 saturated heterocycles. The normalized spacial score (nSPS) is 17.3. The summed E-state index contributed by atoms with van der Waals surface area (Å²) < 4.78 is 0. The van der Waals surface area contributed by atoms with Gasteiger partial charge in [-0.2, -0.15) is 0 Å². The summed E-state index contributed by atoms with van der Waals surface area (Å²) in [6.45, 7) is 5.15. The molecule has 1 amide bonds. The standard InChI is InChI=1S/C19H24N2O/c1-19(8-10-20-11-9-19)14-21-18(22)13-15-6-7-16-4-2-3-5-17(16)12-15/h2-7,12,20H,8-11,13-14H2,1H3,(H,21,22). The topological polar surface area (TPSA) is 41.1 Å². The van der Waals surface area contributed by atoms with Crippen LogP contribution in [0.25, 0.3) is 10.8 Å². The Bertz CT molecular complexity index is 659. The number of amides is 1. The minimum Gasteiger partial charge on any atom is -0.355 e. The van der Waals surface area contributed by atoms with Crippen LogP contribution in [0.15, 0.2) is 42.5 Å². The van der Waals surface area contributed by atoms with E-state index in [1.165, 1.54) is 10.8 Å². The second-order valence-electron chi connectivity index (χ2n) is 6.70. The van der Waals surface area contributed by atoms with Gasteiger partial charge in [0.25, 0.3) is 0 Å². The average molecular weight is 296 g/mol. The third-order valence-corrected chi connectivity index (χ3v) is 4.70. The van der Waals surface area contributed by atoms with E-state index in [0.717, 1.165) is 38.0 Å². The number of fused-ring (bicyclic) bond motifs is 1. The molecule has 1 aliphatic rings. The van der Waals surface area contributed by atoms with E-state index in [2.05, 4.69) is 41.8 Å². The lowest BCUT2D eigenvalue weighted by molar-refractivity contribution is -0.121. The van der Waals surface area contributed by atoms with Crippen molar-refractivity contribution in [1.82, 2.24) is 10.6 Å². The lowest BCUT2D eigenvalue weighted by Gasteiger charge is -2.34. The molecule has 1 fully saturated rings. The molecule has 0 aliphatic carbocycles. The zero-order chi connectivity index (χ0) is 15.4. The Labute approximate surface area is 132 Å². The second kappa shape index (κ2) is 6.49. The van der Waals surface area contributed by atoms with E-state index in [4.69, 9.17) is 0 Å². The van der Waals surface area contributed by atoms with Crippen LogP contribution in [0.4, 0.5) is 0 Å². The average Bonchev–Trinajstić information content (AvgIpc) is 2.54. The first kappa shape index (κ1) is 15.0. The first-order valence-corrected chi connectivity index (χ1v) is 8.10. The third kappa shape index (κ3) is 3.66. The van der Waals surface area contributed by atoms with Gasteiger partial charge in [0.1, 0.15) is 0 Å². The fraction of sp³-hybridized carbons (Fsp3) is 0.421. The molecule has 0 atom stereocenters. The Hall–Kier alpha value is -1.87. The molecule has 3 heteroatoms. The van der Waals surface area contributed by atoms with Gasteiger partial charge in [-0.25, -0.2) is 0 Å². The van der Waals surface area contributed by atoms with Crippen molar-refractivity contribution in [3.8, 4) is 0 Å². The van der Waals surface area contributed by atoms with E-state index in [1.807, 2.05) is 18.2 Å². The Kier molecular flexibility index (Phi) is 4.44. The molecule has 0 aromatic heterocycles. The molecular weight excluding hydrogens is 272 g/mol. The van der Waals surface area contributed by atoms with Gasteiger partial charge in [0.2, 0.25) is 5.91 Å². The maximum absolute atomic E-state index is 12.2. The Morgan fingerprint density at radius 2 is 1.86 bits per heavy atom. The van der Waals surface area contributed by atoms with Gasteiger partial charge >= 0.3 is 0 Å². The van der Waals surface area contributed by atoms with Gasteiger partial charge in [0.05, 0.1) is 6.42 Å². The van der Waals surface area contributed by atoms with Gasteiger partial charge in [0.15, 0.2) is 0 Å². The van der Waals surface area contributed by atoms with Crippen LogP contribution in [0.2, 0.25) is 0 Å². The van der Waals surface area contributed by atoms with Crippen LogP contribution in [0.3, 0.4) is 0 Å². The number of piperidine rings is 1. The predicted octanol–water partition coefficient (Wildman–Crippen LogP) is 2.89. The summed E-state index contributed by atoms with van der Waals surface area (Å²) in [5.41, 5.74) is 1.32. The number of hydrogen-bond donors (Lipinski definition) is 2. The molecule has 1 aliphatic heterocycles. The van der Waals surface area contributed by atoms with E-state index in [9.17, 15) is 4.79 Å². The first-order chi connectivity index (χ1) is 10.6. The molecule has 3 rings (SSSR count). The van der Waals surface area contributed by atoms with Gasteiger partial charge in [-0.1, -0.05) is 49.4 Å². The molecular formula is C19H24N2O. The lowest BCUT2D eigenvalue weighted by Crippen LogP contribution is -2.43. The minimum atomic E-state index is 0.120. The zero-order valence-electron chi connectivity index (χ0n) is 13.2. The van der Waals surface area contributed by atoms with Crippen LogP contribution in [-0.4, -0.2) is 25.5 Å². The van der Waals surface area contributed by atoms with E-state index < -0.39 is 0 Å². The summed E-state index contributed by atoms with van der Waals surface area (Å²) in [5.74, 6) is 0.120. The minimum absolute atomic E-state index is 0.120. The molecule has 2 aromatic carbocycles. The highest BCUT2D eigenvalue weighted by molar-refractivity contribution is 5.85. The maximum Gasteiger partial charge on any atom is 0.224 e. The van der Waals surface area contributed by atoms with Crippen LogP contribution >= 0.6 is 0 Å². The SMILES string of the molecule is CC1(CNC(=O)Cc2ccc3ccccc3c2)CCNCC1. The van der Waals surface area contributed by atoms with Crippen molar-refractivity contribution in [3.63, 3.8) is 0 Å². The molecule has 22 heavy (non-hydrogen) atoms. The highest BCUT2D eigenvalue weighted by Crippen LogP contribution is 2.26. The number of carbonyl (C=O) groups excluding carboxylic acids is 1. The summed E-state index contributed by atoms with van der Waals surface area (Å²) in [6.07, 6.45) is 2.71. The Balaban J connectivity index is 1.58. The number of hydrogen-bond acceptors (Lipinski definition) is 2. The largest absolute Gasteiger partial charge is 0.355 e. The molecule has 3 nitrogen and oxygen atoms in total. The fourth-order valence-corrected chi connectivity index (χ4v) is 3.12. The summed E-state index contributed by atoms with van der Waals surface area (Å²) >= 11 is 0. The van der Waals surface area contributed by atoms with Crippen LogP contribution < -0.4 is 10.6 Å². The van der Waals surface area contributed by atoms with Crippen molar-refractivity contribution in [2.45, 2.75) is 26.2 Å². The van der Waals surface area contributed by atoms with E-state index in [1.54, 1.807) is 0 Å². The zero-order valence-corrected chi connectivity index (χ0v) is 13.2. The molecule has 1 heterocycles. The van der Waals surface area contributed by atoms with Gasteiger partial charge in [0, 0.05) is 6.54 Å². The summed E-state index contributed by atoms with van der Waals surface area (Å²) in [6, 6.07) is 14.5. The summed E-state index contributed by atoms with van der Waals surface area (Å²) in [7, 11) is 0. The molecule has 0 spiro atoms. The van der Waals surface area contributed by atoms with Crippen LogP contribution in [-0.2, 0) is 11.2 Å². The highest BCUT2D eigenvalue weighted by Gasteiger charge is 2.26.